The molecule has 8 heteroatoms. The van der Waals surface area contributed by atoms with Crippen molar-refractivity contribution >= 4 is 29.2 Å². The highest BCUT2D eigenvalue weighted by atomic mass is 16.5. The molecule has 3 amide bonds. The number of pyridine rings is 1. The number of nitrogens with one attached hydrogen (secondary N) is 2. The zero-order valence-corrected chi connectivity index (χ0v) is 24.9. The summed E-state index contributed by atoms with van der Waals surface area (Å²) in [7, 11) is 0. The molecule has 0 bridgehead atoms. The van der Waals surface area contributed by atoms with Crippen LogP contribution in [0.2, 0.25) is 0 Å². The Kier molecular flexibility index (Phi) is 11.1. The Labute approximate surface area is 248 Å². The number of carbonyl (C=O) groups excluding carboxylic acids is 3. The zero-order valence-electron chi connectivity index (χ0n) is 24.9. The van der Waals surface area contributed by atoms with Gasteiger partial charge in [0.15, 0.2) is 0 Å². The molecule has 0 spiro atoms. The number of benzene rings is 2. The van der Waals surface area contributed by atoms with E-state index in [2.05, 4.69) is 15.6 Å². The quantitative estimate of drug-likeness (QED) is 0.261. The molecular weight excluding hydrogens is 528 g/mol. The van der Waals surface area contributed by atoms with E-state index in [0.717, 1.165) is 36.8 Å². The molecule has 1 aromatic heterocycles. The normalized spacial score (nSPS) is 14.1. The topological polar surface area (TPSA) is 101 Å². The van der Waals surface area contributed by atoms with E-state index in [1.54, 1.807) is 29.3 Å². The Hall–Kier alpha value is -4.20. The number of ether oxygens (including phenoxy) is 1. The molecule has 0 radical (unpaired) electrons. The van der Waals surface area contributed by atoms with Crippen molar-refractivity contribution in [3.63, 3.8) is 0 Å². The van der Waals surface area contributed by atoms with Crippen LogP contribution in [0.15, 0.2) is 66.9 Å². The fourth-order valence-electron chi connectivity index (χ4n) is 5.43. The number of rotatable bonds is 12. The van der Waals surface area contributed by atoms with Crippen LogP contribution in [0.4, 0.5) is 11.5 Å². The second-order valence-electron chi connectivity index (χ2n) is 10.8. The maximum absolute atomic E-state index is 14.1. The van der Waals surface area contributed by atoms with E-state index in [1.165, 1.54) is 6.42 Å². The maximum atomic E-state index is 14.1. The second kappa shape index (κ2) is 15.1. The largest absolute Gasteiger partial charge is 0.494 e. The van der Waals surface area contributed by atoms with E-state index in [4.69, 9.17) is 4.74 Å². The molecule has 2 aromatic carbocycles. The summed E-state index contributed by atoms with van der Waals surface area (Å²) in [5.74, 6) is 0.551. The number of aryl methyl sites for hydroxylation is 1. The summed E-state index contributed by atoms with van der Waals surface area (Å²) in [6, 6.07) is 17.7. The van der Waals surface area contributed by atoms with Gasteiger partial charge in [0, 0.05) is 30.8 Å². The molecule has 1 saturated carbocycles. The Bertz CT molecular complexity index is 1340. The Morgan fingerprint density at radius 2 is 1.71 bits per heavy atom. The van der Waals surface area contributed by atoms with Gasteiger partial charge in [-0.1, -0.05) is 49.6 Å². The summed E-state index contributed by atoms with van der Waals surface area (Å²) in [4.78, 5) is 46.5. The molecule has 8 nitrogen and oxygen atoms in total. The minimum atomic E-state index is -0.877. The van der Waals surface area contributed by atoms with Crippen LogP contribution in [0.5, 0.6) is 5.75 Å². The number of carbonyl (C=O) groups is 3. The van der Waals surface area contributed by atoms with Crippen LogP contribution in [-0.2, 0) is 14.4 Å². The molecular formula is C34H42N4O4. The van der Waals surface area contributed by atoms with E-state index < -0.39 is 6.04 Å². The molecule has 3 aromatic rings. The zero-order chi connectivity index (χ0) is 29.9. The summed E-state index contributed by atoms with van der Waals surface area (Å²) >= 11 is 0. The molecule has 1 aliphatic rings. The third kappa shape index (κ3) is 8.18. The summed E-state index contributed by atoms with van der Waals surface area (Å²) < 4.78 is 5.64. The highest BCUT2D eigenvalue weighted by Gasteiger charge is 2.34. The van der Waals surface area contributed by atoms with Crippen molar-refractivity contribution in [3.05, 3.63) is 83.6 Å². The Balaban J connectivity index is 1.63. The van der Waals surface area contributed by atoms with E-state index in [0.29, 0.717) is 35.8 Å². The van der Waals surface area contributed by atoms with Crippen molar-refractivity contribution in [3.8, 4) is 5.75 Å². The molecule has 0 unspecified atom stereocenters. The first-order valence-corrected chi connectivity index (χ1v) is 15.0. The van der Waals surface area contributed by atoms with Crippen molar-refractivity contribution < 1.29 is 19.1 Å². The standard InChI is InChI=1S/C34H42N4O4/c1-4-42-28-21-19-26(20-22-28)33(34(41)36-27-13-6-5-7-14-27)38(29-15-10-12-24(2)25(29)3)32(40)18-11-17-31(39)37-30-16-8-9-23-35-30/h8-10,12,15-16,19-23,27,33H,4-7,11,13-14,17-18H2,1-3H3,(H,36,41)(H,35,37,39)/t33-/m1/s1. The second-order valence-corrected chi connectivity index (χ2v) is 10.8. The number of amides is 3. The van der Waals surface area contributed by atoms with E-state index in [9.17, 15) is 14.4 Å². The third-order valence-corrected chi connectivity index (χ3v) is 7.80. The monoisotopic (exact) mass is 570 g/mol. The third-order valence-electron chi connectivity index (χ3n) is 7.80. The van der Waals surface area contributed by atoms with Crippen LogP contribution >= 0.6 is 0 Å². The van der Waals surface area contributed by atoms with Gasteiger partial charge < -0.3 is 15.4 Å². The van der Waals surface area contributed by atoms with Gasteiger partial charge in [-0.15, -0.1) is 0 Å². The minimum absolute atomic E-state index is 0.0855. The van der Waals surface area contributed by atoms with Gasteiger partial charge >= 0.3 is 0 Å². The lowest BCUT2D eigenvalue weighted by molar-refractivity contribution is -0.127. The fraction of sp³-hybridized carbons (Fsp3) is 0.412. The highest BCUT2D eigenvalue weighted by molar-refractivity contribution is 6.02. The van der Waals surface area contributed by atoms with Gasteiger partial charge in [0.25, 0.3) is 0 Å². The lowest BCUT2D eigenvalue weighted by atomic mass is 9.94. The maximum Gasteiger partial charge on any atom is 0.248 e. The Morgan fingerprint density at radius 1 is 0.952 bits per heavy atom. The van der Waals surface area contributed by atoms with Crippen molar-refractivity contribution in [1.82, 2.24) is 10.3 Å². The highest BCUT2D eigenvalue weighted by Crippen LogP contribution is 2.34. The van der Waals surface area contributed by atoms with Gasteiger partial charge in [-0.3, -0.25) is 19.3 Å². The SMILES string of the molecule is CCOc1ccc([C@H](C(=O)NC2CCCCC2)N(C(=O)CCCC(=O)Nc2ccccn2)c2cccc(C)c2C)cc1. The number of hydrogen-bond donors (Lipinski definition) is 2. The van der Waals surface area contributed by atoms with Crippen LogP contribution in [0.1, 0.15) is 81.0 Å². The van der Waals surface area contributed by atoms with Gasteiger partial charge in [-0.05, 0) is 87.1 Å². The van der Waals surface area contributed by atoms with E-state index >= 15 is 0 Å². The first kappa shape index (κ1) is 30.8. The van der Waals surface area contributed by atoms with Gasteiger partial charge in [-0.25, -0.2) is 4.98 Å². The lowest BCUT2D eigenvalue weighted by Crippen LogP contribution is -2.47. The van der Waals surface area contributed by atoms with Crippen molar-refractivity contribution in [2.75, 3.05) is 16.8 Å². The predicted octanol–water partition coefficient (Wildman–Crippen LogP) is 6.43. The minimum Gasteiger partial charge on any atom is -0.494 e. The summed E-state index contributed by atoms with van der Waals surface area (Å²) in [6.07, 6.45) is 7.42. The summed E-state index contributed by atoms with van der Waals surface area (Å²) in [5.41, 5.74) is 3.35. The van der Waals surface area contributed by atoms with E-state index in [1.807, 2.05) is 63.2 Å². The van der Waals surface area contributed by atoms with Crippen LogP contribution in [0.25, 0.3) is 0 Å². The molecule has 222 valence electrons. The smallest absolute Gasteiger partial charge is 0.248 e. The number of aromatic nitrogens is 1. The predicted molar refractivity (Wildman–Crippen MR) is 165 cm³/mol. The van der Waals surface area contributed by atoms with Crippen LogP contribution in [0.3, 0.4) is 0 Å². The first-order chi connectivity index (χ1) is 20.4. The molecule has 42 heavy (non-hydrogen) atoms. The first-order valence-electron chi connectivity index (χ1n) is 15.0. The van der Waals surface area contributed by atoms with Crippen molar-refractivity contribution in [2.24, 2.45) is 0 Å². The fourth-order valence-corrected chi connectivity index (χ4v) is 5.43. The Morgan fingerprint density at radius 3 is 2.40 bits per heavy atom. The van der Waals surface area contributed by atoms with Crippen molar-refractivity contribution in [2.45, 2.75) is 84.2 Å². The van der Waals surface area contributed by atoms with Crippen LogP contribution < -0.4 is 20.3 Å². The summed E-state index contributed by atoms with van der Waals surface area (Å²) in [5, 5.41) is 6.03. The van der Waals surface area contributed by atoms with Crippen molar-refractivity contribution in [1.29, 1.82) is 0 Å². The molecule has 1 heterocycles. The van der Waals surface area contributed by atoms with Gasteiger partial charge in [0.05, 0.1) is 6.61 Å². The average Bonchev–Trinajstić information content (AvgIpc) is 2.99. The summed E-state index contributed by atoms with van der Waals surface area (Å²) in [6.45, 7) is 6.43. The van der Waals surface area contributed by atoms with Gasteiger partial charge in [0.2, 0.25) is 17.7 Å². The number of hydrogen-bond acceptors (Lipinski definition) is 5. The van der Waals surface area contributed by atoms with Crippen LogP contribution in [0, 0.1) is 13.8 Å². The van der Waals surface area contributed by atoms with Crippen LogP contribution in [-0.4, -0.2) is 35.4 Å². The molecule has 0 aliphatic heterocycles. The molecule has 1 atom stereocenters. The molecule has 1 aliphatic carbocycles. The molecule has 2 N–H and O–H groups in total. The molecule has 0 saturated heterocycles. The van der Waals surface area contributed by atoms with Gasteiger partial charge in [-0.2, -0.15) is 0 Å². The lowest BCUT2D eigenvalue weighted by Gasteiger charge is -2.34. The van der Waals surface area contributed by atoms with Gasteiger partial charge in [0.1, 0.15) is 17.6 Å². The number of anilines is 2. The number of nitrogens with zero attached hydrogens (tertiary/aromatic N) is 2. The van der Waals surface area contributed by atoms with E-state index in [-0.39, 0.29) is 36.6 Å². The molecule has 1 fully saturated rings. The molecule has 4 rings (SSSR count). The average molecular weight is 571 g/mol.